The number of anilines is 2. The van der Waals surface area contributed by atoms with Gasteiger partial charge in [0, 0.05) is 43.2 Å². The Hall–Kier alpha value is -2.89. The highest BCUT2D eigenvalue weighted by Gasteiger charge is 2.26. The molecule has 130 valence electrons. The summed E-state index contributed by atoms with van der Waals surface area (Å²) in [6.45, 7) is 5.63. The Morgan fingerprint density at radius 3 is 2.76 bits per heavy atom. The number of amides is 1. The zero-order valence-corrected chi connectivity index (χ0v) is 14.1. The average Bonchev–Trinajstić information content (AvgIpc) is 2.67. The third kappa shape index (κ3) is 4.56. The number of hydrogen-bond donors (Lipinski definition) is 1. The van der Waals surface area contributed by atoms with Crippen molar-refractivity contribution in [1.29, 1.82) is 0 Å². The van der Waals surface area contributed by atoms with Crippen molar-refractivity contribution in [3.05, 3.63) is 55.4 Å². The molecule has 1 aromatic heterocycles. The van der Waals surface area contributed by atoms with Gasteiger partial charge in [-0.15, -0.1) is 0 Å². The Balaban J connectivity index is 1.53. The largest absolute Gasteiger partial charge is 0.489 e. The van der Waals surface area contributed by atoms with Crippen molar-refractivity contribution < 1.29 is 9.53 Å². The number of ether oxygens (including phenoxy) is 1. The number of hydrogen-bond acceptors (Lipinski definition) is 5. The first-order valence-electron chi connectivity index (χ1n) is 8.43. The van der Waals surface area contributed by atoms with E-state index in [9.17, 15) is 4.79 Å². The van der Waals surface area contributed by atoms with Crippen LogP contribution in [-0.4, -0.2) is 35.6 Å². The fourth-order valence-corrected chi connectivity index (χ4v) is 2.86. The quantitative estimate of drug-likeness (QED) is 0.820. The normalized spacial score (nSPS) is 14.8. The van der Waals surface area contributed by atoms with Gasteiger partial charge in [-0.05, 0) is 31.0 Å². The van der Waals surface area contributed by atoms with Crippen LogP contribution in [0.15, 0.2) is 55.4 Å². The molecule has 1 aromatic carbocycles. The van der Waals surface area contributed by atoms with E-state index in [1.165, 1.54) is 0 Å². The zero-order valence-electron chi connectivity index (χ0n) is 14.1. The molecule has 1 aliphatic heterocycles. The SMILES string of the molecule is C=CCOc1cccc(NC(=O)C2CCN(c3ncccn3)CC2)c1. The third-order valence-electron chi connectivity index (χ3n) is 4.17. The lowest BCUT2D eigenvalue weighted by Crippen LogP contribution is -2.39. The van der Waals surface area contributed by atoms with Gasteiger partial charge < -0.3 is 15.0 Å². The van der Waals surface area contributed by atoms with Crippen LogP contribution in [0.25, 0.3) is 0 Å². The molecule has 0 unspecified atom stereocenters. The second-order valence-electron chi connectivity index (χ2n) is 5.93. The molecule has 0 saturated carbocycles. The van der Waals surface area contributed by atoms with Crippen LogP contribution in [0, 0.1) is 5.92 Å². The lowest BCUT2D eigenvalue weighted by Gasteiger charge is -2.31. The van der Waals surface area contributed by atoms with Gasteiger partial charge >= 0.3 is 0 Å². The highest BCUT2D eigenvalue weighted by atomic mass is 16.5. The Bertz CT molecular complexity index is 712. The molecule has 1 aliphatic rings. The van der Waals surface area contributed by atoms with Gasteiger partial charge in [-0.1, -0.05) is 18.7 Å². The van der Waals surface area contributed by atoms with Crippen molar-refractivity contribution in [3.8, 4) is 5.75 Å². The molecule has 1 amide bonds. The maximum Gasteiger partial charge on any atom is 0.227 e. The van der Waals surface area contributed by atoms with Crippen LogP contribution in [0.1, 0.15) is 12.8 Å². The van der Waals surface area contributed by atoms with Crippen molar-refractivity contribution in [2.24, 2.45) is 5.92 Å². The Kier molecular flexibility index (Phi) is 5.61. The number of rotatable bonds is 6. The van der Waals surface area contributed by atoms with E-state index in [0.717, 1.165) is 37.6 Å². The number of carbonyl (C=O) groups excluding carboxylic acids is 1. The molecule has 6 heteroatoms. The minimum absolute atomic E-state index is 0.00212. The van der Waals surface area contributed by atoms with Gasteiger partial charge in [0.25, 0.3) is 0 Å². The molecule has 1 saturated heterocycles. The van der Waals surface area contributed by atoms with Gasteiger partial charge in [0.1, 0.15) is 12.4 Å². The predicted octanol–water partition coefficient (Wildman–Crippen LogP) is 2.90. The van der Waals surface area contributed by atoms with Crippen LogP contribution < -0.4 is 15.0 Å². The van der Waals surface area contributed by atoms with Crippen LogP contribution in [0.5, 0.6) is 5.75 Å². The zero-order chi connectivity index (χ0) is 17.5. The smallest absolute Gasteiger partial charge is 0.227 e. The highest BCUT2D eigenvalue weighted by molar-refractivity contribution is 5.92. The summed E-state index contributed by atoms with van der Waals surface area (Å²) in [5, 5.41) is 2.99. The molecule has 1 fully saturated rings. The molecular formula is C19H22N4O2. The second kappa shape index (κ2) is 8.28. The Morgan fingerprint density at radius 2 is 2.04 bits per heavy atom. The fraction of sp³-hybridized carbons (Fsp3) is 0.316. The Morgan fingerprint density at radius 1 is 1.28 bits per heavy atom. The number of aromatic nitrogens is 2. The summed E-state index contributed by atoms with van der Waals surface area (Å²) in [5.41, 5.74) is 0.750. The molecule has 0 aliphatic carbocycles. The molecule has 1 N–H and O–H groups in total. The van der Waals surface area contributed by atoms with E-state index in [-0.39, 0.29) is 11.8 Å². The molecule has 6 nitrogen and oxygen atoms in total. The predicted molar refractivity (Wildman–Crippen MR) is 97.7 cm³/mol. The monoisotopic (exact) mass is 338 g/mol. The first kappa shape index (κ1) is 17.0. The summed E-state index contributed by atoms with van der Waals surface area (Å²) in [6.07, 6.45) is 6.74. The molecule has 0 atom stereocenters. The highest BCUT2D eigenvalue weighted by Crippen LogP contribution is 2.23. The summed E-state index contributed by atoms with van der Waals surface area (Å²) < 4.78 is 5.50. The van der Waals surface area contributed by atoms with E-state index in [4.69, 9.17) is 4.74 Å². The number of nitrogens with one attached hydrogen (secondary N) is 1. The van der Waals surface area contributed by atoms with Crippen LogP contribution in [0.3, 0.4) is 0 Å². The van der Waals surface area contributed by atoms with E-state index in [2.05, 4.69) is 26.8 Å². The van der Waals surface area contributed by atoms with E-state index in [1.54, 1.807) is 24.5 Å². The molecular weight excluding hydrogens is 316 g/mol. The van der Waals surface area contributed by atoms with E-state index >= 15 is 0 Å². The summed E-state index contributed by atoms with van der Waals surface area (Å²) in [7, 11) is 0. The average molecular weight is 338 g/mol. The van der Waals surface area contributed by atoms with Gasteiger partial charge in [-0.25, -0.2) is 9.97 Å². The van der Waals surface area contributed by atoms with Crippen LogP contribution in [0.2, 0.25) is 0 Å². The van der Waals surface area contributed by atoms with Gasteiger partial charge in [0.2, 0.25) is 11.9 Å². The molecule has 0 spiro atoms. The number of carbonyl (C=O) groups is 1. The second-order valence-corrected chi connectivity index (χ2v) is 5.93. The molecule has 3 rings (SSSR count). The summed E-state index contributed by atoms with van der Waals surface area (Å²) in [6, 6.07) is 9.22. The van der Waals surface area contributed by atoms with Gasteiger partial charge in [0.15, 0.2) is 0 Å². The summed E-state index contributed by atoms with van der Waals surface area (Å²) in [4.78, 5) is 23.2. The lowest BCUT2D eigenvalue weighted by atomic mass is 9.96. The number of nitrogens with zero attached hydrogens (tertiary/aromatic N) is 3. The molecule has 0 bridgehead atoms. The molecule has 0 radical (unpaired) electrons. The van der Waals surface area contributed by atoms with Crippen molar-refractivity contribution in [3.63, 3.8) is 0 Å². The van der Waals surface area contributed by atoms with Crippen molar-refractivity contribution in [2.75, 3.05) is 29.9 Å². The van der Waals surface area contributed by atoms with Crippen LogP contribution in [-0.2, 0) is 4.79 Å². The van der Waals surface area contributed by atoms with Crippen molar-refractivity contribution >= 4 is 17.5 Å². The van der Waals surface area contributed by atoms with E-state index in [1.807, 2.05) is 24.3 Å². The minimum Gasteiger partial charge on any atom is -0.489 e. The van der Waals surface area contributed by atoms with Gasteiger partial charge in [0.05, 0.1) is 0 Å². The van der Waals surface area contributed by atoms with E-state index in [0.29, 0.717) is 12.4 Å². The van der Waals surface area contributed by atoms with Crippen molar-refractivity contribution in [1.82, 2.24) is 9.97 Å². The van der Waals surface area contributed by atoms with Crippen LogP contribution in [0.4, 0.5) is 11.6 Å². The standard InChI is InChI=1S/C19H22N4O2/c1-2-13-25-17-6-3-5-16(14-17)22-18(24)15-7-11-23(12-8-15)19-20-9-4-10-21-19/h2-6,9-10,14-15H,1,7-8,11-13H2,(H,22,24). The minimum atomic E-state index is -0.00212. The maximum atomic E-state index is 12.5. The van der Waals surface area contributed by atoms with Gasteiger partial charge in [-0.3, -0.25) is 4.79 Å². The lowest BCUT2D eigenvalue weighted by molar-refractivity contribution is -0.120. The molecule has 2 heterocycles. The van der Waals surface area contributed by atoms with E-state index < -0.39 is 0 Å². The van der Waals surface area contributed by atoms with Crippen LogP contribution >= 0.6 is 0 Å². The molecule has 25 heavy (non-hydrogen) atoms. The van der Waals surface area contributed by atoms with Crippen molar-refractivity contribution in [2.45, 2.75) is 12.8 Å². The maximum absolute atomic E-state index is 12.5. The third-order valence-corrected chi connectivity index (χ3v) is 4.17. The van der Waals surface area contributed by atoms with Gasteiger partial charge in [-0.2, -0.15) is 0 Å². The first-order valence-corrected chi connectivity index (χ1v) is 8.43. The summed E-state index contributed by atoms with van der Waals surface area (Å²) >= 11 is 0. The molecule has 2 aromatic rings. The first-order chi connectivity index (χ1) is 12.3. The topological polar surface area (TPSA) is 67.3 Å². The fourth-order valence-electron chi connectivity index (χ4n) is 2.86. The number of piperidine rings is 1. The Labute approximate surface area is 147 Å². The number of benzene rings is 1. The summed E-state index contributed by atoms with van der Waals surface area (Å²) in [5.74, 6) is 1.49.